The highest BCUT2D eigenvalue weighted by Crippen LogP contribution is 2.29. The van der Waals surface area contributed by atoms with Gasteiger partial charge in [-0.1, -0.05) is 23.7 Å². The van der Waals surface area contributed by atoms with Gasteiger partial charge < -0.3 is 19.3 Å². The van der Waals surface area contributed by atoms with Gasteiger partial charge in [-0.05, 0) is 62.1 Å². The molecule has 2 amide bonds. The summed E-state index contributed by atoms with van der Waals surface area (Å²) < 4.78 is 11.4. The second kappa shape index (κ2) is 11.0. The Morgan fingerprint density at radius 1 is 1.03 bits per heavy atom. The second-order valence-electron chi connectivity index (χ2n) is 7.62. The zero-order valence-corrected chi connectivity index (χ0v) is 18.9. The second-order valence-corrected chi connectivity index (χ2v) is 8.05. The molecular weight excluding hydrogens is 416 g/mol. The lowest BCUT2D eigenvalue weighted by Gasteiger charge is -2.26. The van der Waals surface area contributed by atoms with Gasteiger partial charge >= 0.3 is 0 Å². The molecule has 2 aromatic carbocycles. The minimum Gasteiger partial charge on any atom is -0.490 e. The standard InChI is InChI=1S/C24H29ClN2O4/c1-3-30-22-15-19(24(29)26(2)16-18-8-7-9-20(25)14-18)10-11-21(22)31-17-23(28)27-12-5-4-6-13-27/h7-11,14-15H,3-6,12-13,16-17H2,1-2H3. The summed E-state index contributed by atoms with van der Waals surface area (Å²) in [5, 5.41) is 0.637. The number of benzene rings is 2. The summed E-state index contributed by atoms with van der Waals surface area (Å²) in [7, 11) is 1.74. The Balaban J connectivity index is 1.66. The molecule has 0 unspecified atom stereocenters. The molecule has 0 aliphatic carbocycles. The summed E-state index contributed by atoms with van der Waals surface area (Å²) in [5.41, 5.74) is 1.44. The zero-order chi connectivity index (χ0) is 22.2. The fourth-order valence-electron chi connectivity index (χ4n) is 3.60. The summed E-state index contributed by atoms with van der Waals surface area (Å²) in [6.45, 7) is 4.25. The predicted octanol–water partition coefficient (Wildman–Crippen LogP) is 4.40. The van der Waals surface area contributed by atoms with Crippen molar-refractivity contribution in [3.05, 3.63) is 58.6 Å². The van der Waals surface area contributed by atoms with E-state index in [1.807, 2.05) is 30.0 Å². The van der Waals surface area contributed by atoms with Crippen LogP contribution in [0.2, 0.25) is 5.02 Å². The normalized spacial score (nSPS) is 13.6. The molecular formula is C24H29ClN2O4. The van der Waals surface area contributed by atoms with Crippen molar-refractivity contribution in [1.29, 1.82) is 0 Å². The highest BCUT2D eigenvalue weighted by Gasteiger charge is 2.19. The van der Waals surface area contributed by atoms with E-state index in [2.05, 4.69) is 0 Å². The molecule has 0 spiro atoms. The van der Waals surface area contributed by atoms with Crippen molar-refractivity contribution in [3.63, 3.8) is 0 Å². The molecule has 1 fully saturated rings. The van der Waals surface area contributed by atoms with E-state index in [-0.39, 0.29) is 18.4 Å². The molecule has 1 aliphatic rings. The smallest absolute Gasteiger partial charge is 0.260 e. The molecule has 7 heteroatoms. The molecule has 31 heavy (non-hydrogen) atoms. The number of carbonyl (C=O) groups excluding carboxylic acids is 2. The van der Waals surface area contributed by atoms with Crippen LogP contribution in [0.4, 0.5) is 0 Å². The Labute approximate surface area is 188 Å². The summed E-state index contributed by atoms with van der Waals surface area (Å²) >= 11 is 6.04. The van der Waals surface area contributed by atoms with Crippen molar-refractivity contribution < 1.29 is 19.1 Å². The van der Waals surface area contributed by atoms with Crippen LogP contribution in [-0.2, 0) is 11.3 Å². The average Bonchev–Trinajstić information content (AvgIpc) is 2.78. The van der Waals surface area contributed by atoms with Gasteiger partial charge in [-0.25, -0.2) is 0 Å². The van der Waals surface area contributed by atoms with Crippen molar-refractivity contribution in [2.75, 3.05) is 33.4 Å². The van der Waals surface area contributed by atoms with E-state index >= 15 is 0 Å². The van der Waals surface area contributed by atoms with Crippen LogP contribution in [0.3, 0.4) is 0 Å². The monoisotopic (exact) mass is 444 g/mol. The van der Waals surface area contributed by atoms with Gasteiger partial charge in [0.15, 0.2) is 18.1 Å². The van der Waals surface area contributed by atoms with Crippen molar-refractivity contribution in [2.45, 2.75) is 32.7 Å². The largest absolute Gasteiger partial charge is 0.490 e. The molecule has 0 aromatic heterocycles. The highest BCUT2D eigenvalue weighted by atomic mass is 35.5. The number of nitrogens with zero attached hydrogens (tertiary/aromatic N) is 2. The van der Waals surface area contributed by atoms with E-state index < -0.39 is 0 Å². The molecule has 3 rings (SSSR count). The van der Waals surface area contributed by atoms with Crippen molar-refractivity contribution in [2.24, 2.45) is 0 Å². The summed E-state index contributed by atoms with van der Waals surface area (Å²) in [5.74, 6) is 0.748. The average molecular weight is 445 g/mol. The lowest BCUT2D eigenvalue weighted by atomic mass is 10.1. The summed E-state index contributed by atoms with van der Waals surface area (Å²) in [6, 6.07) is 12.5. The third kappa shape index (κ3) is 6.37. The molecule has 1 heterocycles. The van der Waals surface area contributed by atoms with E-state index in [4.69, 9.17) is 21.1 Å². The van der Waals surface area contributed by atoms with Gasteiger partial charge in [-0.3, -0.25) is 9.59 Å². The number of amides is 2. The molecule has 0 atom stereocenters. The van der Waals surface area contributed by atoms with Crippen molar-refractivity contribution in [3.8, 4) is 11.5 Å². The topological polar surface area (TPSA) is 59.1 Å². The number of piperidine rings is 1. The third-order valence-corrected chi connectivity index (χ3v) is 5.44. The van der Waals surface area contributed by atoms with Gasteiger partial charge in [0.2, 0.25) is 0 Å². The Morgan fingerprint density at radius 2 is 1.81 bits per heavy atom. The number of hydrogen-bond donors (Lipinski definition) is 0. The molecule has 1 aliphatic heterocycles. The van der Waals surface area contributed by atoms with E-state index in [1.54, 1.807) is 36.2 Å². The maximum absolute atomic E-state index is 12.9. The first-order valence-electron chi connectivity index (χ1n) is 10.6. The van der Waals surface area contributed by atoms with E-state index in [0.29, 0.717) is 35.2 Å². The molecule has 6 nitrogen and oxygen atoms in total. The Hall–Kier alpha value is -2.73. The summed E-state index contributed by atoms with van der Waals surface area (Å²) in [6.07, 6.45) is 3.24. The third-order valence-electron chi connectivity index (χ3n) is 5.21. The fraction of sp³-hybridized carbons (Fsp3) is 0.417. The first-order valence-corrected chi connectivity index (χ1v) is 11.0. The van der Waals surface area contributed by atoms with Crippen LogP contribution in [0.1, 0.15) is 42.1 Å². The molecule has 2 aromatic rings. The Kier molecular flexibility index (Phi) is 8.18. The van der Waals surface area contributed by atoms with Crippen molar-refractivity contribution >= 4 is 23.4 Å². The molecule has 0 saturated carbocycles. The van der Waals surface area contributed by atoms with Gasteiger partial charge in [0.05, 0.1) is 6.61 Å². The van der Waals surface area contributed by atoms with Crippen LogP contribution in [0.15, 0.2) is 42.5 Å². The van der Waals surface area contributed by atoms with Crippen molar-refractivity contribution in [1.82, 2.24) is 9.80 Å². The first kappa shape index (κ1) is 22.9. The zero-order valence-electron chi connectivity index (χ0n) is 18.1. The predicted molar refractivity (Wildman–Crippen MR) is 121 cm³/mol. The van der Waals surface area contributed by atoms with Crippen LogP contribution in [0, 0.1) is 0 Å². The lowest BCUT2D eigenvalue weighted by Crippen LogP contribution is -2.38. The summed E-state index contributed by atoms with van der Waals surface area (Å²) in [4.78, 5) is 28.8. The Bertz CT molecular complexity index is 912. The van der Waals surface area contributed by atoms with E-state index in [1.165, 1.54) is 6.42 Å². The maximum Gasteiger partial charge on any atom is 0.260 e. The van der Waals surface area contributed by atoms with E-state index in [0.717, 1.165) is 31.5 Å². The maximum atomic E-state index is 12.9. The molecule has 1 saturated heterocycles. The SMILES string of the molecule is CCOc1cc(C(=O)N(C)Cc2cccc(Cl)c2)ccc1OCC(=O)N1CCCCC1. The molecule has 0 bridgehead atoms. The van der Waals surface area contributed by atoms with Gasteiger partial charge in [-0.15, -0.1) is 0 Å². The van der Waals surface area contributed by atoms with Crippen LogP contribution >= 0.6 is 11.6 Å². The fourth-order valence-corrected chi connectivity index (χ4v) is 3.82. The van der Waals surface area contributed by atoms with Gasteiger partial charge in [0.1, 0.15) is 0 Å². The van der Waals surface area contributed by atoms with Gasteiger partial charge in [0, 0.05) is 37.3 Å². The van der Waals surface area contributed by atoms with Crippen LogP contribution in [0.25, 0.3) is 0 Å². The van der Waals surface area contributed by atoms with E-state index in [9.17, 15) is 9.59 Å². The number of likely N-dealkylation sites (tertiary alicyclic amines) is 1. The quantitative estimate of drug-likeness (QED) is 0.605. The number of halogens is 1. The number of carbonyl (C=O) groups is 2. The molecule has 0 radical (unpaired) electrons. The first-order chi connectivity index (χ1) is 15.0. The van der Waals surface area contributed by atoms with Gasteiger partial charge in [-0.2, -0.15) is 0 Å². The van der Waals surface area contributed by atoms with Crippen LogP contribution in [-0.4, -0.2) is 55.0 Å². The highest BCUT2D eigenvalue weighted by molar-refractivity contribution is 6.30. The minimum absolute atomic E-state index is 0.0245. The Morgan fingerprint density at radius 3 is 2.52 bits per heavy atom. The molecule has 166 valence electrons. The van der Waals surface area contributed by atoms with Crippen LogP contribution < -0.4 is 9.47 Å². The molecule has 0 N–H and O–H groups in total. The minimum atomic E-state index is -0.142. The van der Waals surface area contributed by atoms with Gasteiger partial charge in [0.25, 0.3) is 11.8 Å². The van der Waals surface area contributed by atoms with Crippen LogP contribution in [0.5, 0.6) is 11.5 Å². The number of ether oxygens (including phenoxy) is 2. The lowest BCUT2D eigenvalue weighted by molar-refractivity contribution is -0.134. The number of hydrogen-bond acceptors (Lipinski definition) is 4. The number of rotatable bonds is 8.